The lowest BCUT2D eigenvalue weighted by molar-refractivity contribution is -0.152. The van der Waals surface area contributed by atoms with Crippen molar-refractivity contribution >= 4 is 5.97 Å². The predicted molar refractivity (Wildman–Crippen MR) is 46.0 cm³/mol. The van der Waals surface area contributed by atoms with E-state index in [0.29, 0.717) is 5.69 Å². The number of hydrogen-bond acceptors (Lipinski definition) is 4. The maximum atomic E-state index is 11.2. The molecule has 13 heavy (non-hydrogen) atoms. The Bertz CT molecular complexity index is 273. The Hall–Kier alpha value is -1.42. The number of rotatable bonds is 3. The molecule has 1 rings (SSSR count). The van der Waals surface area contributed by atoms with E-state index in [1.807, 2.05) is 0 Å². The molecule has 1 heterocycles. The van der Waals surface area contributed by atoms with Gasteiger partial charge < -0.3 is 9.47 Å². The van der Waals surface area contributed by atoms with Gasteiger partial charge in [0.25, 0.3) is 0 Å². The highest BCUT2D eigenvalue weighted by atomic mass is 16.6. The summed E-state index contributed by atoms with van der Waals surface area (Å²) in [4.78, 5) is 15.1. The highest BCUT2D eigenvalue weighted by Gasteiger charge is 2.21. The Kier molecular flexibility index (Phi) is 3.40. The van der Waals surface area contributed by atoms with Crippen molar-refractivity contribution in [1.29, 1.82) is 0 Å². The van der Waals surface area contributed by atoms with E-state index in [1.165, 1.54) is 14.2 Å². The lowest BCUT2D eigenvalue weighted by Gasteiger charge is -2.11. The van der Waals surface area contributed by atoms with Crippen LogP contribution in [0.3, 0.4) is 0 Å². The van der Waals surface area contributed by atoms with Gasteiger partial charge in [0.2, 0.25) is 0 Å². The molecule has 4 heteroatoms. The fraction of sp³-hybridized carbons (Fsp3) is 0.333. The van der Waals surface area contributed by atoms with Gasteiger partial charge in [-0.15, -0.1) is 0 Å². The Labute approximate surface area is 76.5 Å². The standard InChI is InChI=1S/C9H11NO3/c1-12-8(9(11)13-2)7-5-3-4-6-10-7/h3-6,8H,1-2H3. The van der Waals surface area contributed by atoms with Gasteiger partial charge in [0.1, 0.15) is 0 Å². The molecule has 1 atom stereocenters. The molecule has 0 amide bonds. The summed E-state index contributed by atoms with van der Waals surface area (Å²) in [5, 5.41) is 0. The van der Waals surface area contributed by atoms with E-state index >= 15 is 0 Å². The van der Waals surface area contributed by atoms with Crippen LogP contribution >= 0.6 is 0 Å². The zero-order chi connectivity index (χ0) is 9.68. The van der Waals surface area contributed by atoms with Crippen LogP contribution in [-0.4, -0.2) is 25.2 Å². The van der Waals surface area contributed by atoms with Crippen LogP contribution in [0.15, 0.2) is 24.4 Å². The molecule has 0 aromatic carbocycles. The van der Waals surface area contributed by atoms with Crippen molar-refractivity contribution < 1.29 is 14.3 Å². The summed E-state index contributed by atoms with van der Waals surface area (Å²) in [7, 11) is 2.76. The lowest BCUT2D eigenvalue weighted by Crippen LogP contribution is -2.16. The number of hydrogen-bond donors (Lipinski definition) is 0. The zero-order valence-electron chi connectivity index (χ0n) is 7.56. The molecule has 1 aromatic rings. The first-order chi connectivity index (χ1) is 6.29. The number of carbonyl (C=O) groups excluding carboxylic acids is 1. The van der Waals surface area contributed by atoms with Crippen LogP contribution in [0.25, 0.3) is 0 Å². The van der Waals surface area contributed by atoms with Crippen molar-refractivity contribution in [1.82, 2.24) is 4.98 Å². The summed E-state index contributed by atoms with van der Waals surface area (Å²) in [6.07, 6.45) is 0.871. The minimum atomic E-state index is -0.730. The highest BCUT2D eigenvalue weighted by molar-refractivity contribution is 5.75. The molecule has 0 N–H and O–H groups in total. The topological polar surface area (TPSA) is 48.4 Å². The van der Waals surface area contributed by atoms with Crippen molar-refractivity contribution in [2.75, 3.05) is 14.2 Å². The number of aromatic nitrogens is 1. The Balaban J connectivity index is 2.85. The van der Waals surface area contributed by atoms with E-state index < -0.39 is 12.1 Å². The van der Waals surface area contributed by atoms with Gasteiger partial charge in [-0.25, -0.2) is 4.79 Å². The largest absolute Gasteiger partial charge is 0.467 e. The van der Waals surface area contributed by atoms with Crippen LogP contribution < -0.4 is 0 Å². The summed E-state index contributed by atoms with van der Waals surface area (Å²) in [6.45, 7) is 0. The Morgan fingerprint density at radius 3 is 2.69 bits per heavy atom. The first kappa shape index (κ1) is 9.67. The van der Waals surface area contributed by atoms with Crippen molar-refractivity contribution in [2.45, 2.75) is 6.10 Å². The van der Waals surface area contributed by atoms with Crippen LogP contribution in [0.5, 0.6) is 0 Å². The van der Waals surface area contributed by atoms with E-state index in [1.54, 1.807) is 24.4 Å². The second-order valence-corrected chi connectivity index (χ2v) is 2.39. The molecule has 1 unspecified atom stereocenters. The summed E-state index contributed by atoms with van der Waals surface area (Å²) in [5.41, 5.74) is 0.553. The second-order valence-electron chi connectivity index (χ2n) is 2.39. The number of carbonyl (C=O) groups is 1. The average Bonchev–Trinajstić information content (AvgIpc) is 2.20. The molecule has 0 spiro atoms. The summed E-state index contributed by atoms with van der Waals surface area (Å²) >= 11 is 0. The highest BCUT2D eigenvalue weighted by Crippen LogP contribution is 2.14. The van der Waals surface area contributed by atoms with Gasteiger partial charge in [-0.1, -0.05) is 6.07 Å². The molecule has 4 nitrogen and oxygen atoms in total. The SMILES string of the molecule is COC(=O)C(OC)c1ccccn1. The van der Waals surface area contributed by atoms with Crippen LogP contribution in [0.2, 0.25) is 0 Å². The van der Waals surface area contributed by atoms with Gasteiger partial charge in [-0.2, -0.15) is 0 Å². The van der Waals surface area contributed by atoms with Crippen molar-refractivity contribution in [3.05, 3.63) is 30.1 Å². The normalized spacial score (nSPS) is 12.2. The number of ether oxygens (including phenoxy) is 2. The van der Waals surface area contributed by atoms with E-state index in [2.05, 4.69) is 9.72 Å². The van der Waals surface area contributed by atoms with E-state index in [9.17, 15) is 4.79 Å². The van der Waals surface area contributed by atoms with Gasteiger partial charge in [0.15, 0.2) is 6.10 Å². The number of esters is 1. The third-order valence-corrected chi connectivity index (χ3v) is 1.61. The third-order valence-electron chi connectivity index (χ3n) is 1.61. The van der Waals surface area contributed by atoms with Crippen LogP contribution in [0.4, 0.5) is 0 Å². The third kappa shape index (κ3) is 2.26. The smallest absolute Gasteiger partial charge is 0.341 e. The summed E-state index contributed by atoms with van der Waals surface area (Å²) < 4.78 is 9.51. The minimum absolute atomic E-state index is 0.443. The molecule has 1 aromatic heterocycles. The zero-order valence-corrected chi connectivity index (χ0v) is 7.56. The first-order valence-corrected chi connectivity index (χ1v) is 3.81. The van der Waals surface area contributed by atoms with Gasteiger partial charge in [-0.3, -0.25) is 4.98 Å². The molecular formula is C9H11NO3. The van der Waals surface area contributed by atoms with Gasteiger partial charge >= 0.3 is 5.97 Å². The molecule has 0 saturated heterocycles. The van der Waals surface area contributed by atoms with Crippen LogP contribution in [0.1, 0.15) is 11.8 Å². The molecule has 70 valence electrons. The molecule has 0 fully saturated rings. The predicted octanol–water partition coefficient (Wildman–Crippen LogP) is 0.942. The van der Waals surface area contributed by atoms with Gasteiger partial charge in [-0.05, 0) is 12.1 Å². The average molecular weight is 181 g/mol. The second kappa shape index (κ2) is 4.57. The lowest BCUT2D eigenvalue weighted by atomic mass is 10.2. The fourth-order valence-electron chi connectivity index (χ4n) is 0.976. The van der Waals surface area contributed by atoms with Gasteiger partial charge in [0.05, 0.1) is 12.8 Å². The van der Waals surface area contributed by atoms with E-state index in [4.69, 9.17) is 4.74 Å². The van der Waals surface area contributed by atoms with Crippen molar-refractivity contribution in [2.24, 2.45) is 0 Å². The molecular weight excluding hydrogens is 170 g/mol. The van der Waals surface area contributed by atoms with Gasteiger partial charge in [0, 0.05) is 13.3 Å². The molecule has 0 saturated carbocycles. The molecule has 0 radical (unpaired) electrons. The first-order valence-electron chi connectivity index (χ1n) is 3.81. The van der Waals surface area contributed by atoms with E-state index in [-0.39, 0.29) is 0 Å². The quantitative estimate of drug-likeness (QED) is 0.651. The molecule has 0 bridgehead atoms. The maximum Gasteiger partial charge on any atom is 0.341 e. The van der Waals surface area contributed by atoms with Crippen LogP contribution in [0, 0.1) is 0 Å². The molecule has 0 aliphatic carbocycles. The monoisotopic (exact) mass is 181 g/mol. The Morgan fingerprint density at radius 1 is 1.46 bits per heavy atom. The summed E-state index contributed by atoms with van der Waals surface area (Å²) in [6, 6.07) is 5.27. The fourth-order valence-corrected chi connectivity index (χ4v) is 0.976. The number of methoxy groups -OCH3 is 2. The maximum absolute atomic E-state index is 11.2. The number of nitrogens with zero attached hydrogens (tertiary/aromatic N) is 1. The number of pyridine rings is 1. The molecule has 0 aliphatic heterocycles. The van der Waals surface area contributed by atoms with Crippen molar-refractivity contribution in [3.8, 4) is 0 Å². The van der Waals surface area contributed by atoms with Crippen LogP contribution in [-0.2, 0) is 14.3 Å². The molecule has 0 aliphatic rings. The van der Waals surface area contributed by atoms with E-state index in [0.717, 1.165) is 0 Å². The minimum Gasteiger partial charge on any atom is -0.467 e. The van der Waals surface area contributed by atoms with Crippen molar-refractivity contribution in [3.63, 3.8) is 0 Å². The summed E-state index contributed by atoms with van der Waals surface area (Å²) in [5.74, 6) is -0.443. The Morgan fingerprint density at radius 2 is 2.23 bits per heavy atom.